The molecule has 2 saturated carbocycles. The number of carbonyl (C=O) groups is 3. The van der Waals surface area contributed by atoms with E-state index in [4.69, 9.17) is 5.73 Å². The summed E-state index contributed by atoms with van der Waals surface area (Å²) in [4.78, 5) is 37.9. The predicted octanol–water partition coefficient (Wildman–Crippen LogP) is -0.492. The first-order valence-corrected chi connectivity index (χ1v) is 11.8. The minimum absolute atomic E-state index is 0.0326. The topological polar surface area (TPSA) is 174 Å². The molecule has 1 aromatic heterocycles. The van der Waals surface area contributed by atoms with Crippen LogP contribution in [0.5, 0.6) is 0 Å². The van der Waals surface area contributed by atoms with Crippen molar-refractivity contribution in [3.63, 3.8) is 0 Å². The molecule has 11 heteroatoms. The molecule has 0 radical (unpaired) electrons. The first-order chi connectivity index (χ1) is 15.2. The van der Waals surface area contributed by atoms with Crippen molar-refractivity contribution in [1.29, 1.82) is 0 Å². The summed E-state index contributed by atoms with van der Waals surface area (Å²) in [5.74, 6) is -1.64. The lowest BCUT2D eigenvalue weighted by Crippen LogP contribution is -2.65. The Labute approximate surface area is 190 Å². The van der Waals surface area contributed by atoms with Gasteiger partial charge in [0.05, 0.1) is 12.1 Å². The van der Waals surface area contributed by atoms with Crippen LogP contribution in [0.4, 0.5) is 4.79 Å². The molecule has 178 valence electrons. The fraction of sp³-hybridized carbons (Fsp3) is 0.667. The Morgan fingerprint density at radius 2 is 1.88 bits per heavy atom. The van der Waals surface area contributed by atoms with Crippen LogP contribution in [-0.2, 0) is 16.0 Å². The van der Waals surface area contributed by atoms with Gasteiger partial charge in [-0.15, -0.1) is 11.3 Å². The lowest BCUT2D eigenvalue weighted by atomic mass is 9.77. The quantitative estimate of drug-likeness (QED) is 0.284. The number of amides is 4. The number of hydrogen-bond acceptors (Lipinski definition) is 7. The Hall–Kier alpha value is -2.21. The van der Waals surface area contributed by atoms with E-state index in [-0.39, 0.29) is 18.9 Å². The van der Waals surface area contributed by atoms with Crippen molar-refractivity contribution in [2.75, 3.05) is 0 Å². The number of nitrogens with two attached hydrogens (primary N) is 1. The molecule has 1 heterocycles. The third kappa shape index (κ3) is 6.18. The molecular formula is C21H32N4O6S. The molecule has 0 aliphatic heterocycles. The fourth-order valence-electron chi connectivity index (χ4n) is 4.41. The average molecular weight is 469 g/mol. The zero-order valence-electron chi connectivity index (χ0n) is 17.8. The molecule has 0 bridgehead atoms. The monoisotopic (exact) mass is 468 g/mol. The van der Waals surface area contributed by atoms with Gasteiger partial charge in [0, 0.05) is 30.2 Å². The van der Waals surface area contributed by atoms with E-state index in [9.17, 15) is 29.7 Å². The molecule has 1 aromatic rings. The SMILES string of the molecule is NC(=O)[C@H](Cc1cccs1)NC(=O)[C@@]1(O)C[C@@H](O)[C@H](O)[C@@H](NC(=O)NC2CCCCC2)C1. The normalized spacial score (nSPS) is 29.7. The number of rotatable bonds is 7. The Morgan fingerprint density at radius 3 is 2.50 bits per heavy atom. The number of aliphatic hydroxyl groups is 3. The number of carbonyl (C=O) groups excluding carboxylic acids is 3. The van der Waals surface area contributed by atoms with Gasteiger partial charge in [-0.25, -0.2) is 4.79 Å². The molecule has 5 atom stereocenters. The molecule has 8 N–H and O–H groups in total. The molecule has 0 spiro atoms. The summed E-state index contributed by atoms with van der Waals surface area (Å²) < 4.78 is 0. The zero-order valence-corrected chi connectivity index (χ0v) is 18.6. The second-order valence-corrected chi connectivity index (χ2v) is 9.80. The van der Waals surface area contributed by atoms with E-state index >= 15 is 0 Å². The van der Waals surface area contributed by atoms with Gasteiger partial charge in [-0.1, -0.05) is 25.3 Å². The zero-order chi connectivity index (χ0) is 23.3. The lowest BCUT2D eigenvalue weighted by Gasteiger charge is -2.42. The van der Waals surface area contributed by atoms with Gasteiger partial charge in [0.1, 0.15) is 17.7 Å². The van der Waals surface area contributed by atoms with Crippen molar-refractivity contribution in [3.05, 3.63) is 22.4 Å². The molecule has 32 heavy (non-hydrogen) atoms. The summed E-state index contributed by atoms with van der Waals surface area (Å²) in [6, 6.07) is 1.02. The van der Waals surface area contributed by atoms with Crippen molar-refractivity contribution in [3.8, 4) is 0 Å². The van der Waals surface area contributed by atoms with Gasteiger partial charge in [0.15, 0.2) is 0 Å². The van der Waals surface area contributed by atoms with Gasteiger partial charge in [-0.05, 0) is 24.3 Å². The molecule has 2 fully saturated rings. The Balaban J connectivity index is 1.63. The summed E-state index contributed by atoms with van der Waals surface area (Å²) in [7, 11) is 0. The van der Waals surface area contributed by atoms with Crippen LogP contribution in [0.3, 0.4) is 0 Å². The minimum Gasteiger partial charge on any atom is -0.390 e. The van der Waals surface area contributed by atoms with Gasteiger partial charge in [-0.2, -0.15) is 0 Å². The second kappa shape index (κ2) is 10.6. The fourth-order valence-corrected chi connectivity index (χ4v) is 5.16. The highest BCUT2D eigenvalue weighted by atomic mass is 32.1. The highest BCUT2D eigenvalue weighted by molar-refractivity contribution is 7.09. The standard InChI is InChI=1S/C21H32N4O6S/c22-18(28)14(9-13-7-4-8-32-13)24-19(29)21(31)10-15(17(27)16(26)11-21)25-20(30)23-12-5-2-1-3-6-12/h4,7-8,12,14-17,26-27,31H,1-3,5-6,9-11H2,(H2,22,28)(H,24,29)(H2,23,25,30)/t14-,15-,16+,17+,21-/m0/s1. The molecule has 3 rings (SSSR count). The maximum atomic E-state index is 12.9. The van der Waals surface area contributed by atoms with Crippen LogP contribution in [0, 0.1) is 0 Å². The van der Waals surface area contributed by atoms with Crippen LogP contribution in [0.2, 0.25) is 0 Å². The van der Waals surface area contributed by atoms with Crippen molar-refractivity contribution >= 4 is 29.2 Å². The molecule has 0 unspecified atom stereocenters. The predicted molar refractivity (Wildman–Crippen MR) is 118 cm³/mol. The molecule has 4 amide bonds. The summed E-state index contributed by atoms with van der Waals surface area (Å²) >= 11 is 1.40. The maximum Gasteiger partial charge on any atom is 0.315 e. The number of hydrogen-bond donors (Lipinski definition) is 7. The van der Waals surface area contributed by atoms with E-state index in [1.54, 1.807) is 12.1 Å². The van der Waals surface area contributed by atoms with E-state index in [1.165, 1.54) is 11.3 Å². The Morgan fingerprint density at radius 1 is 1.16 bits per heavy atom. The van der Waals surface area contributed by atoms with E-state index in [2.05, 4.69) is 16.0 Å². The molecule has 10 nitrogen and oxygen atoms in total. The van der Waals surface area contributed by atoms with Crippen molar-refractivity contribution < 1.29 is 29.7 Å². The van der Waals surface area contributed by atoms with Crippen LogP contribution < -0.4 is 21.7 Å². The van der Waals surface area contributed by atoms with Crippen LogP contribution in [0.1, 0.15) is 49.8 Å². The van der Waals surface area contributed by atoms with Gasteiger partial charge >= 0.3 is 6.03 Å². The first-order valence-electron chi connectivity index (χ1n) is 11.0. The van der Waals surface area contributed by atoms with E-state index in [0.717, 1.165) is 37.0 Å². The summed E-state index contributed by atoms with van der Waals surface area (Å²) in [6.45, 7) is 0. The number of aliphatic hydroxyl groups excluding tert-OH is 2. The first kappa shape index (κ1) is 24.4. The molecular weight excluding hydrogens is 436 g/mol. The maximum absolute atomic E-state index is 12.9. The molecule has 2 aliphatic carbocycles. The molecule has 0 saturated heterocycles. The lowest BCUT2D eigenvalue weighted by molar-refractivity contribution is -0.158. The van der Waals surface area contributed by atoms with Crippen molar-refractivity contribution in [1.82, 2.24) is 16.0 Å². The van der Waals surface area contributed by atoms with E-state index in [0.29, 0.717) is 0 Å². The summed E-state index contributed by atoms with van der Waals surface area (Å²) in [5, 5.41) is 41.3. The van der Waals surface area contributed by atoms with Gasteiger partial charge < -0.3 is 37.0 Å². The van der Waals surface area contributed by atoms with E-state index < -0.39 is 54.2 Å². The Bertz CT molecular complexity index is 800. The number of nitrogens with one attached hydrogen (secondary N) is 3. The molecule has 0 aromatic carbocycles. The number of urea groups is 1. The van der Waals surface area contributed by atoms with Crippen molar-refractivity contribution in [2.24, 2.45) is 5.73 Å². The van der Waals surface area contributed by atoms with Gasteiger partial charge in [-0.3, -0.25) is 9.59 Å². The summed E-state index contributed by atoms with van der Waals surface area (Å²) in [5.41, 5.74) is 3.33. The van der Waals surface area contributed by atoms with Crippen LogP contribution >= 0.6 is 11.3 Å². The van der Waals surface area contributed by atoms with Crippen LogP contribution in [-0.4, -0.2) is 69.1 Å². The van der Waals surface area contributed by atoms with Crippen molar-refractivity contribution in [2.45, 2.75) is 87.3 Å². The van der Waals surface area contributed by atoms with E-state index in [1.807, 2.05) is 5.38 Å². The van der Waals surface area contributed by atoms with Crippen LogP contribution in [0.15, 0.2) is 17.5 Å². The smallest absolute Gasteiger partial charge is 0.315 e. The second-order valence-electron chi connectivity index (χ2n) is 8.77. The summed E-state index contributed by atoms with van der Waals surface area (Å²) in [6.07, 6.45) is 1.56. The largest absolute Gasteiger partial charge is 0.390 e. The average Bonchev–Trinajstić information content (AvgIpc) is 3.25. The minimum atomic E-state index is -2.09. The highest BCUT2D eigenvalue weighted by Crippen LogP contribution is 2.30. The van der Waals surface area contributed by atoms with Gasteiger partial charge in [0.25, 0.3) is 5.91 Å². The number of primary amides is 1. The number of thiophene rings is 1. The Kier molecular flexibility index (Phi) is 8.10. The third-order valence-corrected chi connectivity index (χ3v) is 7.12. The van der Waals surface area contributed by atoms with Crippen LogP contribution in [0.25, 0.3) is 0 Å². The highest BCUT2D eigenvalue weighted by Gasteiger charge is 2.49. The molecule has 2 aliphatic rings. The third-order valence-electron chi connectivity index (χ3n) is 6.22. The van der Waals surface area contributed by atoms with Gasteiger partial charge in [0.2, 0.25) is 5.91 Å².